The molecule has 0 bridgehead atoms. The van der Waals surface area contributed by atoms with Crippen LogP contribution in [0.1, 0.15) is 40.0 Å². The first-order valence-corrected chi connectivity index (χ1v) is 7.80. The van der Waals surface area contributed by atoms with Gasteiger partial charge in [-0.05, 0) is 44.9 Å². The van der Waals surface area contributed by atoms with E-state index in [9.17, 15) is 4.79 Å². The lowest BCUT2D eigenvalue weighted by molar-refractivity contribution is -0.119. The Balaban J connectivity index is 2.62. The molecule has 2 atom stereocenters. The molecule has 0 heterocycles. The first-order valence-electron chi connectivity index (χ1n) is 7.42. The fourth-order valence-corrected chi connectivity index (χ4v) is 2.19. The molecule has 0 aliphatic carbocycles. The highest BCUT2D eigenvalue weighted by Crippen LogP contribution is 2.28. The molecule has 1 aromatic rings. The summed E-state index contributed by atoms with van der Waals surface area (Å²) in [5, 5.41) is 3.46. The van der Waals surface area contributed by atoms with Crippen molar-refractivity contribution in [2.24, 2.45) is 11.7 Å². The Hall–Kier alpha value is -1.26. The quantitative estimate of drug-likeness (QED) is 0.766. The molecule has 118 valence electrons. The zero-order chi connectivity index (χ0) is 15.8. The van der Waals surface area contributed by atoms with Crippen LogP contribution in [0.25, 0.3) is 0 Å². The number of amides is 1. The van der Waals surface area contributed by atoms with E-state index in [4.69, 9.17) is 22.1 Å². The standard InChI is InChI=1S/C16H25ClN2O2/c1-4-21-15-9-8-13(17)10-14(15)19-16(20)11(2)6-5-7-12(3)18/h8-12H,4-7,18H2,1-3H3,(H,19,20). The molecule has 1 aromatic carbocycles. The van der Waals surface area contributed by atoms with E-state index in [1.807, 2.05) is 20.8 Å². The molecule has 0 fully saturated rings. The lowest BCUT2D eigenvalue weighted by atomic mass is 10.0. The van der Waals surface area contributed by atoms with Gasteiger partial charge in [0.05, 0.1) is 12.3 Å². The predicted octanol–water partition coefficient (Wildman–Crippen LogP) is 3.83. The molecular formula is C16H25ClN2O2. The van der Waals surface area contributed by atoms with Crippen molar-refractivity contribution < 1.29 is 9.53 Å². The van der Waals surface area contributed by atoms with E-state index in [0.29, 0.717) is 23.1 Å². The third-order valence-corrected chi connectivity index (χ3v) is 3.48. The molecule has 21 heavy (non-hydrogen) atoms. The first-order chi connectivity index (χ1) is 9.93. The average Bonchev–Trinajstić information content (AvgIpc) is 2.41. The highest BCUT2D eigenvalue weighted by molar-refractivity contribution is 6.31. The Bertz CT molecular complexity index is 464. The maximum atomic E-state index is 12.2. The summed E-state index contributed by atoms with van der Waals surface area (Å²) in [5.41, 5.74) is 6.34. The number of nitrogens with two attached hydrogens (primary N) is 1. The fraction of sp³-hybridized carbons (Fsp3) is 0.562. The molecule has 0 saturated heterocycles. The Labute approximate surface area is 132 Å². The lowest BCUT2D eigenvalue weighted by Crippen LogP contribution is -2.22. The first kappa shape index (κ1) is 17.8. The van der Waals surface area contributed by atoms with Crippen molar-refractivity contribution in [2.75, 3.05) is 11.9 Å². The van der Waals surface area contributed by atoms with E-state index in [0.717, 1.165) is 19.3 Å². The monoisotopic (exact) mass is 312 g/mol. The topological polar surface area (TPSA) is 64.3 Å². The molecule has 0 saturated carbocycles. The summed E-state index contributed by atoms with van der Waals surface area (Å²) in [6.45, 7) is 6.33. The van der Waals surface area contributed by atoms with Crippen LogP contribution in [0.4, 0.5) is 5.69 Å². The van der Waals surface area contributed by atoms with E-state index in [1.165, 1.54) is 0 Å². The van der Waals surface area contributed by atoms with Gasteiger partial charge in [0.2, 0.25) is 5.91 Å². The van der Waals surface area contributed by atoms with Crippen LogP contribution in [0.15, 0.2) is 18.2 Å². The third kappa shape index (κ3) is 6.36. The number of benzene rings is 1. The summed E-state index contributed by atoms with van der Waals surface area (Å²) in [6.07, 6.45) is 2.69. The van der Waals surface area contributed by atoms with Crippen LogP contribution in [0.3, 0.4) is 0 Å². The van der Waals surface area contributed by atoms with Crippen LogP contribution < -0.4 is 15.8 Å². The van der Waals surface area contributed by atoms with Gasteiger partial charge >= 0.3 is 0 Å². The molecule has 3 N–H and O–H groups in total. The summed E-state index contributed by atoms with van der Waals surface area (Å²) in [6, 6.07) is 5.40. The van der Waals surface area contributed by atoms with Gasteiger partial charge in [0, 0.05) is 17.0 Å². The molecule has 0 radical (unpaired) electrons. The van der Waals surface area contributed by atoms with Gasteiger partial charge in [-0.2, -0.15) is 0 Å². The Kier molecular flexibility index (Phi) is 7.54. The van der Waals surface area contributed by atoms with Gasteiger partial charge in [-0.25, -0.2) is 0 Å². The molecule has 0 spiro atoms. The number of hydrogen-bond acceptors (Lipinski definition) is 3. The number of hydrogen-bond donors (Lipinski definition) is 2. The maximum absolute atomic E-state index is 12.2. The molecule has 1 amide bonds. The lowest BCUT2D eigenvalue weighted by Gasteiger charge is -2.15. The smallest absolute Gasteiger partial charge is 0.227 e. The molecule has 5 heteroatoms. The number of carbonyl (C=O) groups is 1. The number of anilines is 1. The van der Waals surface area contributed by atoms with Crippen LogP contribution in [-0.4, -0.2) is 18.6 Å². The second-order valence-corrected chi connectivity index (χ2v) is 5.81. The second-order valence-electron chi connectivity index (χ2n) is 5.37. The average molecular weight is 313 g/mol. The van der Waals surface area contributed by atoms with Crippen LogP contribution in [-0.2, 0) is 4.79 Å². The predicted molar refractivity (Wildman–Crippen MR) is 87.9 cm³/mol. The normalized spacial score (nSPS) is 13.6. The molecule has 0 aromatic heterocycles. The molecule has 1 rings (SSSR count). The second kappa shape index (κ2) is 8.90. The van der Waals surface area contributed by atoms with E-state index < -0.39 is 0 Å². The van der Waals surface area contributed by atoms with Crippen molar-refractivity contribution >= 4 is 23.2 Å². The van der Waals surface area contributed by atoms with Crippen LogP contribution in [0.2, 0.25) is 5.02 Å². The minimum absolute atomic E-state index is 0.0251. The Morgan fingerprint density at radius 3 is 2.71 bits per heavy atom. The zero-order valence-corrected chi connectivity index (χ0v) is 13.7. The number of carbonyl (C=O) groups excluding carboxylic acids is 1. The van der Waals surface area contributed by atoms with Crippen molar-refractivity contribution in [3.63, 3.8) is 0 Å². The Morgan fingerprint density at radius 2 is 2.10 bits per heavy atom. The minimum Gasteiger partial charge on any atom is -0.492 e. The largest absolute Gasteiger partial charge is 0.492 e. The van der Waals surface area contributed by atoms with Gasteiger partial charge in [0.25, 0.3) is 0 Å². The fourth-order valence-electron chi connectivity index (χ4n) is 2.01. The molecule has 2 unspecified atom stereocenters. The van der Waals surface area contributed by atoms with E-state index >= 15 is 0 Å². The SMILES string of the molecule is CCOc1ccc(Cl)cc1NC(=O)C(C)CCCC(C)N. The number of ether oxygens (including phenoxy) is 1. The number of nitrogens with one attached hydrogen (secondary N) is 1. The van der Waals surface area contributed by atoms with Crippen LogP contribution in [0, 0.1) is 5.92 Å². The van der Waals surface area contributed by atoms with Crippen LogP contribution in [0.5, 0.6) is 5.75 Å². The molecule has 4 nitrogen and oxygen atoms in total. The minimum atomic E-state index is -0.0720. The van der Waals surface area contributed by atoms with Crippen molar-refractivity contribution in [3.8, 4) is 5.75 Å². The maximum Gasteiger partial charge on any atom is 0.227 e. The summed E-state index contributed by atoms with van der Waals surface area (Å²) in [5.74, 6) is 0.540. The van der Waals surface area contributed by atoms with Crippen molar-refractivity contribution in [3.05, 3.63) is 23.2 Å². The summed E-state index contributed by atoms with van der Waals surface area (Å²) in [4.78, 5) is 12.2. The molecule has 0 aliphatic heterocycles. The van der Waals surface area contributed by atoms with Crippen molar-refractivity contribution in [1.82, 2.24) is 0 Å². The van der Waals surface area contributed by atoms with E-state index in [1.54, 1.807) is 18.2 Å². The van der Waals surface area contributed by atoms with E-state index in [2.05, 4.69) is 5.32 Å². The number of rotatable bonds is 8. The van der Waals surface area contributed by atoms with Crippen LogP contribution >= 0.6 is 11.6 Å². The Morgan fingerprint density at radius 1 is 1.38 bits per heavy atom. The third-order valence-electron chi connectivity index (χ3n) is 3.24. The van der Waals surface area contributed by atoms with E-state index in [-0.39, 0.29) is 17.9 Å². The summed E-state index contributed by atoms with van der Waals surface area (Å²) in [7, 11) is 0. The van der Waals surface area contributed by atoms with Gasteiger partial charge in [0.1, 0.15) is 5.75 Å². The summed E-state index contributed by atoms with van der Waals surface area (Å²) < 4.78 is 5.50. The van der Waals surface area contributed by atoms with Crippen molar-refractivity contribution in [2.45, 2.75) is 46.1 Å². The molecular weight excluding hydrogens is 288 g/mol. The number of halogens is 1. The van der Waals surface area contributed by atoms with Gasteiger partial charge in [-0.15, -0.1) is 0 Å². The summed E-state index contributed by atoms with van der Waals surface area (Å²) >= 11 is 5.98. The highest BCUT2D eigenvalue weighted by Gasteiger charge is 2.15. The van der Waals surface area contributed by atoms with Gasteiger partial charge < -0.3 is 15.8 Å². The van der Waals surface area contributed by atoms with Gasteiger partial charge in [-0.3, -0.25) is 4.79 Å². The highest BCUT2D eigenvalue weighted by atomic mass is 35.5. The zero-order valence-electron chi connectivity index (χ0n) is 13.0. The molecule has 0 aliphatic rings. The van der Waals surface area contributed by atoms with Gasteiger partial charge in [0.15, 0.2) is 0 Å². The van der Waals surface area contributed by atoms with Gasteiger partial charge in [-0.1, -0.05) is 24.9 Å². The van der Waals surface area contributed by atoms with Crippen molar-refractivity contribution in [1.29, 1.82) is 0 Å².